The van der Waals surface area contributed by atoms with Gasteiger partial charge in [-0.3, -0.25) is 9.59 Å². The molecule has 1 rings (SSSR count). The van der Waals surface area contributed by atoms with Crippen LogP contribution >= 0.6 is 0 Å². The molecule has 0 saturated heterocycles. The summed E-state index contributed by atoms with van der Waals surface area (Å²) in [5.41, 5.74) is 6.32. The van der Waals surface area contributed by atoms with Crippen molar-refractivity contribution in [3.8, 4) is 5.75 Å². The van der Waals surface area contributed by atoms with E-state index in [0.717, 1.165) is 5.75 Å². The van der Waals surface area contributed by atoms with Gasteiger partial charge in [-0.1, -0.05) is 0 Å². The van der Waals surface area contributed by atoms with Crippen LogP contribution in [0.25, 0.3) is 0 Å². The lowest BCUT2D eigenvalue weighted by Crippen LogP contribution is -2.25. The highest BCUT2D eigenvalue weighted by Crippen LogP contribution is 2.12. The Balaban J connectivity index is 1.68. The first-order valence-corrected chi connectivity index (χ1v) is 12.5. The number of carbonyl (C=O) groups is 2. The molecule has 0 unspecified atom stereocenters. The number of carboxylic acids is 1. The Hall–Kier alpha value is -2.48. The summed E-state index contributed by atoms with van der Waals surface area (Å²) < 4.78 is 38.1. The zero-order valence-electron chi connectivity index (χ0n) is 21.5. The van der Waals surface area contributed by atoms with Crippen LogP contribution in [0.1, 0.15) is 19.3 Å². The highest BCUT2D eigenvalue weighted by Gasteiger charge is 2.04. The first-order chi connectivity index (χ1) is 18.1. The zero-order valence-corrected chi connectivity index (χ0v) is 21.5. The number of nitrogens with one attached hydrogen (secondary N) is 1. The summed E-state index contributed by atoms with van der Waals surface area (Å²) in [5, 5.41) is 11.1. The lowest BCUT2D eigenvalue weighted by Gasteiger charge is -2.09. The normalized spacial score (nSPS) is 10.9. The van der Waals surface area contributed by atoms with Crippen molar-refractivity contribution in [3.05, 3.63) is 24.3 Å². The molecule has 0 saturated carbocycles. The van der Waals surface area contributed by atoms with Crippen molar-refractivity contribution in [2.45, 2.75) is 19.3 Å². The third kappa shape index (κ3) is 22.4. The summed E-state index contributed by atoms with van der Waals surface area (Å²) in [4.78, 5) is 21.7. The zero-order chi connectivity index (χ0) is 26.8. The maximum Gasteiger partial charge on any atom is 0.303 e. The molecule has 0 aliphatic heterocycles. The predicted octanol–water partition coefficient (Wildman–Crippen LogP) is 1.12. The number of nitrogens with two attached hydrogens (primary N) is 1. The van der Waals surface area contributed by atoms with Gasteiger partial charge in [0.25, 0.3) is 0 Å². The molecule has 1 aromatic rings. The second-order valence-electron chi connectivity index (χ2n) is 7.69. The van der Waals surface area contributed by atoms with Crippen LogP contribution in [0.5, 0.6) is 5.75 Å². The molecule has 0 atom stereocenters. The van der Waals surface area contributed by atoms with Crippen molar-refractivity contribution in [3.63, 3.8) is 0 Å². The van der Waals surface area contributed by atoms with E-state index in [2.05, 4.69) is 5.32 Å². The van der Waals surface area contributed by atoms with E-state index in [4.69, 9.17) is 44.0 Å². The van der Waals surface area contributed by atoms with Gasteiger partial charge in [0.05, 0.1) is 79.1 Å². The van der Waals surface area contributed by atoms with Gasteiger partial charge in [-0.25, -0.2) is 0 Å². The number of ether oxygens (including phenoxy) is 7. The molecule has 4 N–H and O–H groups in total. The molecule has 1 amide bonds. The van der Waals surface area contributed by atoms with Crippen molar-refractivity contribution >= 4 is 17.6 Å². The van der Waals surface area contributed by atoms with Gasteiger partial charge in [-0.2, -0.15) is 0 Å². The predicted molar refractivity (Wildman–Crippen MR) is 136 cm³/mol. The number of benzene rings is 1. The molecular formula is C25H42N2O10. The molecule has 0 aromatic heterocycles. The fourth-order valence-electron chi connectivity index (χ4n) is 2.70. The topological polar surface area (TPSA) is 157 Å². The average Bonchev–Trinajstić information content (AvgIpc) is 2.89. The molecule has 0 radical (unpaired) electrons. The van der Waals surface area contributed by atoms with E-state index in [1.807, 2.05) is 12.1 Å². The van der Waals surface area contributed by atoms with Crippen LogP contribution in [-0.2, 0) is 38.0 Å². The van der Waals surface area contributed by atoms with Crippen molar-refractivity contribution < 1.29 is 47.9 Å². The Morgan fingerprint density at radius 1 is 0.649 bits per heavy atom. The third-order valence-corrected chi connectivity index (χ3v) is 4.59. The number of carbonyl (C=O) groups excluding carboxylic acids is 1. The third-order valence-electron chi connectivity index (χ3n) is 4.59. The average molecular weight is 531 g/mol. The minimum absolute atomic E-state index is 0.00661. The van der Waals surface area contributed by atoms with Gasteiger partial charge in [0, 0.05) is 25.3 Å². The second kappa shape index (κ2) is 23.9. The highest BCUT2D eigenvalue weighted by atomic mass is 16.6. The van der Waals surface area contributed by atoms with Gasteiger partial charge >= 0.3 is 5.97 Å². The molecule has 12 heteroatoms. The second-order valence-corrected chi connectivity index (χ2v) is 7.69. The monoisotopic (exact) mass is 530 g/mol. The lowest BCUT2D eigenvalue weighted by atomic mass is 10.3. The van der Waals surface area contributed by atoms with E-state index >= 15 is 0 Å². The van der Waals surface area contributed by atoms with Crippen LogP contribution in [0.3, 0.4) is 0 Å². The summed E-state index contributed by atoms with van der Waals surface area (Å²) in [6.07, 6.45) is 0.489. The van der Waals surface area contributed by atoms with Gasteiger partial charge in [0.2, 0.25) is 5.91 Å². The van der Waals surface area contributed by atoms with Crippen LogP contribution in [0.15, 0.2) is 24.3 Å². The fraction of sp³-hybridized carbons (Fsp3) is 0.680. The first kappa shape index (κ1) is 32.5. The molecule has 0 heterocycles. The summed E-state index contributed by atoms with van der Waals surface area (Å²) >= 11 is 0. The summed E-state index contributed by atoms with van der Waals surface area (Å²) in [6, 6.07) is 7.22. The van der Waals surface area contributed by atoms with Crippen LogP contribution in [0, 0.1) is 0 Å². The standard InChI is InChI=1S/C25H42N2O10/c26-22-2-4-23(5-3-22)37-21-20-36-19-18-35-17-16-34-15-14-33-13-12-32-11-10-31-9-1-8-27-24(28)6-7-25(29)30/h2-5H,1,6-21,26H2,(H,27,28)(H,29,30). The van der Waals surface area contributed by atoms with E-state index in [-0.39, 0.29) is 18.7 Å². The Kier molecular flexibility index (Phi) is 21.0. The first-order valence-electron chi connectivity index (χ1n) is 12.5. The Morgan fingerprint density at radius 3 is 1.54 bits per heavy atom. The molecule has 0 spiro atoms. The number of amides is 1. The van der Waals surface area contributed by atoms with Gasteiger partial charge < -0.3 is 49.3 Å². The number of nitrogen functional groups attached to an aromatic ring is 1. The molecule has 0 fully saturated rings. The highest BCUT2D eigenvalue weighted by molar-refractivity contribution is 5.80. The number of carboxylic acid groups (broad SMARTS) is 1. The minimum atomic E-state index is -0.981. The molecular weight excluding hydrogens is 488 g/mol. The Labute approximate surface area is 218 Å². The number of aliphatic carboxylic acids is 1. The van der Waals surface area contributed by atoms with E-state index < -0.39 is 5.97 Å². The molecule has 212 valence electrons. The van der Waals surface area contributed by atoms with E-state index in [1.54, 1.807) is 12.1 Å². The van der Waals surface area contributed by atoms with Gasteiger partial charge in [-0.05, 0) is 30.7 Å². The van der Waals surface area contributed by atoms with Crippen molar-refractivity contribution in [1.29, 1.82) is 0 Å². The van der Waals surface area contributed by atoms with Crippen LogP contribution in [-0.4, -0.2) is 109 Å². The van der Waals surface area contributed by atoms with Gasteiger partial charge in [0.1, 0.15) is 12.4 Å². The quantitative estimate of drug-likeness (QED) is 0.116. The van der Waals surface area contributed by atoms with Gasteiger partial charge in [0.15, 0.2) is 0 Å². The number of rotatable bonds is 26. The Morgan fingerprint density at radius 2 is 1.08 bits per heavy atom. The summed E-state index contributed by atoms with van der Waals surface area (Å²) in [6.45, 7) is 6.69. The number of hydrogen-bond acceptors (Lipinski definition) is 10. The SMILES string of the molecule is Nc1ccc(OCCOCCOCCOCCOCCOCCOCCCNC(=O)CCC(=O)O)cc1. The molecule has 0 aliphatic carbocycles. The molecule has 0 aliphatic rings. The lowest BCUT2D eigenvalue weighted by molar-refractivity contribution is -0.138. The van der Waals surface area contributed by atoms with E-state index in [0.29, 0.717) is 105 Å². The van der Waals surface area contributed by atoms with Crippen LogP contribution in [0.2, 0.25) is 0 Å². The number of anilines is 1. The van der Waals surface area contributed by atoms with Gasteiger partial charge in [-0.15, -0.1) is 0 Å². The van der Waals surface area contributed by atoms with Crippen LogP contribution in [0.4, 0.5) is 5.69 Å². The fourth-order valence-corrected chi connectivity index (χ4v) is 2.70. The van der Waals surface area contributed by atoms with Crippen molar-refractivity contribution in [2.75, 3.05) is 98.2 Å². The maximum atomic E-state index is 11.3. The minimum Gasteiger partial charge on any atom is -0.491 e. The molecule has 12 nitrogen and oxygen atoms in total. The van der Waals surface area contributed by atoms with Crippen molar-refractivity contribution in [1.82, 2.24) is 5.32 Å². The van der Waals surface area contributed by atoms with E-state index in [1.165, 1.54) is 0 Å². The molecule has 0 bridgehead atoms. The van der Waals surface area contributed by atoms with Crippen molar-refractivity contribution in [2.24, 2.45) is 0 Å². The van der Waals surface area contributed by atoms with E-state index in [9.17, 15) is 9.59 Å². The molecule has 37 heavy (non-hydrogen) atoms. The number of hydrogen-bond donors (Lipinski definition) is 3. The Bertz CT molecular complexity index is 691. The van der Waals surface area contributed by atoms with Crippen LogP contribution < -0.4 is 15.8 Å². The summed E-state index contributed by atoms with van der Waals surface area (Å²) in [7, 11) is 0. The maximum absolute atomic E-state index is 11.3. The largest absolute Gasteiger partial charge is 0.491 e. The summed E-state index contributed by atoms with van der Waals surface area (Å²) in [5.74, 6) is -0.482. The molecule has 1 aromatic carbocycles. The smallest absolute Gasteiger partial charge is 0.303 e.